The highest BCUT2D eigenvalue weighted by Gasteiger charge is 1.97. The normalized spacial score (nSPS) is 10.2. The van der Waals surface area contributed by atoms with E-state index in [-0.39, 0.29) is 0 Å². The molecule has 0 aromatic carbocycles. The van der Waals surface area contributed by atoms with Crippen molar-refractivity contribution in [2.45, 2.75) is 20.4 Å². The van der Waals surface area contributed by atoms with Crippen LogP contribution in [0.5, 0.6) is 0 Å². The van der Waals surface area contributed by atoms with Gasteiger partial charge < -0.3 is 5.32 Å². The molecular formula is C9H13ClN2. The fourth-order valence-corrected chi connectivity index (χ4v) is 1.09. The summed E-state index contributed by atoms with van der Waals surface area (Å²) >= 11 is 5.78. The van der Waals surface area contributed by atoms with Crippen molar-refractivity contribution >= 4 is 11.6 Å². The molecule has 0 saturated heterocycles. The van der Waals surface area contributed by atoms with Gasteiger partial charge in [-0.3, -0.25) is 0 Å². The highest BCUT2D eigenvalue weighted by Crippen LogP contribution is 2.12. The van der Waals surface area contributed by atoms with Gasteiger partial charge in [0.1, 0.15) is 5.15 Å². The second kappa shape index (κ2) is 4.43. The number of aromatic nitrogens is 1. The summed E-state index contributed by atoms with van der Waals surface area (Å²) in [6.45, 7) is 5.88. The lowest BCUT2D eigenvalue weighted by Gasteiger charge is -2.03. The number of nitrogens with one attached hydrogen (secondary N) is 1. The zero-order valence-electron chi connectivity index (χ0n) is 7.39. The first kappa shape index (κ1) is 9.49. The quantitative estimate of drug-likeness (QED) is 0.729. The number of aryl methyl sites for hydroxylation is 1. The molecule has 1 heterocycles. The van der Waals surface area contributed by atoms with Crippen LogP contribution in [-0.2, 0) is 6.54 Å². The second-order valence-corrected chi connectivity index (χ2v) is 3.09. The van der Waals surface area contributed by atoms with E-state index in [0.717, 1.165) is 18.7 Å². The fraction of sp³-hybridized carbons (Fsp3) is 0.444. The molecule has 1 N–H and O–H groups in total. The summed E-state index contributed by atoms with van der Waals surface area (Å²) in [5.41, 5.74) is 2.21. The predicted octanol–water partition coefficient (Wildman–Crippen LogP) is 2.15. The van der Waals surface area contributed by atoms with E-state index in [4.69, 9.17) is 11.6 Å². The van der Waals surface area contributed by atoms with E-state index in [1.165, 1.54) is 5.56 Å². The Hall–Kier alpha value is -0.600. The molecule has 0 spiro atoms. The van der Waals surface area contributed by atoms with Gasteiger partial charge in [-0.25, -0.2) is 4.98 Å². The molecule has 0 aliphatic carbocycles. The lowest BCUT2D eigenvalue weighted by atomic mass is 10.2. The molecule has 66 valence electrons. The van der Waals surface area contributed by atoms with E-state index in [9.17, 15) is 0 Å². The molecule has 0 atom stereocenters. The summed E-state index contributed by atoms with van der Waals surface area (Å²) in [7, 11) is 0. The van der Waals surface area contributed by atoms with Crippen molar-refractivity contribution in [3.05, 3.63) is 28.5 Å². The van der Waals surface area contributed by atoms with Crippen molar-refractivity contribution < 1.29 is 0 Å². The topological polar surface area (TPSA) is 24.9 Å². The molecule has 1 aromatic rings. The molecule has 1 rings (SSSR count). The number of rotatable bonds is 3. The van der Waals surface area contributed by atoms with Crippen LogP contribution >= 0.6 is 11.6 Å². The maximum absolute atomic E-state index is 5.78. The Kier molecular flexibility index (Phi) is 3.50. The largest absolute Gasteiger partial charge is 0.313 e. The first-order valence-electron chi connectivity index (χ1n) is 4.05. The molecule has 12 heavy (non-hydrogen) atoms. The maximum atomic E-state index is 5.78. The van der Waals surface area contributed by atoms with Gasteiger partial charge >= 0.3 is 0 Å². The minimum absolute atomic E-state index is 0.593. The van der Waals surface area contributed by atoms with Gasteiger partial charge in [-0.1, -0.05) is 24.6 Å². The summed E-state index contributed by atoms with van der Waals surface area (Å²) in [6.07, 6.45) is 1.80. The van der Waals surface area contributed by atoms with Crippen LogP contribution in [0.1, 0.15) is 18.1 Å². The van der Waals surface area contributed by atoms with Gasteiger partial charge in [0.25, 0.3) is 0 Å². The van der Waals surface area contributed by atoms with Gasteiger partial charge in [0.05, 0.1) is 0 Å². The Morgan fingerprint density at radius 1 is 1.58 bits per heavy atom. The Morgan fingerprint density at radius 2 is 2.33 bits per heavy atom. The molecule has 1 aromatic heterocycles. The Labute approximate surface area is 78.0 Å². The van der Waals surface area contributed by atoms with Crippen LogP contribution in [0.15, 0.2) is 12.3 Å². The third-order valence-corrected chi connectivity index (χ3v) is 2.05. The van der Waals surface area contributed by atoms with Gasteiger partial charge in [-0.15, -0.1) is 0 Å². The third-order valence-electron chi connectivity index (χ3n) is 1.65. The average molecular weight is 185 g/mol. The van der Waals surface area contributed by atoms with Crippen LogP contribution in [0.4, 0.5) is 0 Å². The van der Waals surface area contributed by atoms with Crippen molar-refractivity contribution in [3.8, 4) is 0 Å². The highest BCUT2D eigenvalue weighted by atomic mass is 35.5. The number of halogens is 1. The monoisotopic (exact) mass is 184 g/mol. The molecule has 0 saturated carbocycles. The van der Waals surface area contributed by atoms with E-state index in [2.05, 4.69) is 23.3 Å². The summed E-state index contributed by atoms with van der Waals surface area (Å²) in [5, 5.41) is 3.82. The fourth-order valence-electron chi connectivity index (χ4n) is 0.982. The summed E-state index contributed by atoms with van der Waals surface area (Å²) < 4.78 is 0. The van der Waals surface area contributed by atoms with Crippen molar-refractivity contribution in [2.24, 2.45) is 0 Å². The zero-order valence-corrected chi connectivity index (χ0v) is 8.15. The number of nitrogens with zero attached hydrogens (tertiary/aromatic N) is 1. The second-order valence-electron chi connectivity index (χ2n) is 2.73. The first-order valence-corrected chi connectivity index (χ1v) is 4.43. The maximum Gasteiger partial charge on any atom is 0.131 e. The third kappa shape index (κ3) is 2.47. The Morgan fingerprint density at radius 3 is 2.92 bits per heavy atom. The summed E-state index contributed by atoms with van der Waals surface area (Å²) in [4.78, 5) is 4.06. The van der Waals surface area contributed by atoms with Crippen molar-refractivity contribution in [3.63, 3.8) is 0 Å². The number of pyridine rings is 1. The van der Waals surface area contributed by atoms with Crippen LogP contribution < -0.4 is 5.32 Å². The number of hydrogen-bond acceptors (Lipinski definition) is 2. The average Bonchev–Trinajstić information content (AvgIpc) is 2.07. The molecule has 0 aliphatic rings. The van der Waals surface area contributed by atoms with E-state index in [1.54, 1.807) is 6.20 Å². The van der Waals surface area contributed by atoms with Crippen molar-refractivity contribution in [1.29, 1.82) is 0 Å². The van der Waals surface area contributed by atoms with Gasteiger partial charge in [-0.2, -0.15) is 0 Å². The van der Waals surface area contributed by atoms with E-state index >= 15 is 0 Å². The first-order chi connectivity index (χ1) is 5.74. The van der Waals surface area contributed by atoms with Crippen molar-refractivity contribution in [2.75, 3.05) is 6.54 Å². The smallest absolute Gasteiger partial charge is 0.131 e. The van der Waals surface area contributed by atoms with Crippen LogP contribution in [0.3, 0.4) is 0 Å². The van der Waals surface area contributed by atoms with E-state index < -0.39 is 0 Å². The lowest BCUT2D eigenvalue weighted by molar-refractivity contribution is 0.724. The molecule has 2 nitrogen and oxygen atoms in total. The lowest BCUT2D eigenvalue weighted by Crippen LogP contribution is -2.11. The van der Waals surface area contributed by atoms with Gasteiger partial charge in [0.15, 0.2) is 0 Å². The van der Waals surface area contributed by atoms with Crippen LogP contribution in [-0.4, -0.2) is 11.5 Å². The minimum atomic E-state index is 0.593. The zero-order chi connectivity index (χ0) is 8.97. The Bertz CT molecular complexity index is 261. The standard InChI is InChI=1S/C9H13ClN2/c1-3-11-5-8-4-7(2)9(10)12-6-8/h4,6,11H,3,5H2,1-2H3. The molecule has 3 heteroatoms. The number of hydrogen-bond donors (Lipinski definition) is 1. The van der Waals surface area contributed by atoms with Crippen LogP contribution in [0, 0.1) is 6.92 Å². The summed E-state index contributed by atoms with van der Waals surface area (Å²) in [5.74, 6) is 0. The van der Waals surface area contributed by atoms with E-state index in [0.29, 0.717) is 5.15 Å². The predicted molar refractivity (Wildman–Crippen MR) is 51.4 cm³/mol. The molecule has 0 radical (unpaired) electrons. The van der Waals surface area contributed by atoms with Gasteiger partial charge in [0, 0.05) is 12.7 Å². The van der Waals surface area contributed by atoms with Crippen LogP contribution in [0.2, 0.25) is 5.15 Å². The van der Waals surface area contributed by atoms with Crippen LogP contribution in [0.25, 0.3) is 0 Å². The molecule has 0 amide bonds. The van der Waals surface area contributed by atoms with Gasteiger partial charge in [0.2, 0.25) is 0 Å². The molecule has 0 bridgehead atoms. The summed E-state index contributed by atoms with van der Waals surface area (Å²) in [6, 6.07) is 2.05. The van der Waals surface area contributed by atoms with E-state index in [1.807, 2.05) is 6.92 Å². The Balaban J connectivity index is 2.69. The molecular weight excluding hydrogens is 172 g/mol. The minimum Gasteiger partial charge on any atom is -0.313 e. The highest BCUT2D eigenvalue weighted by molar-refractivity contribution is 6.30. The van der Waals surface area contributed by atoms with Crippen molar-refractivity contribution in [1.82, 2.24) is 10.3 Å². The molecule has 0 unspecified atom stereocenters. The molecule has 0 fully saturated rings. The molecule has 0 aliphatic heterocycles. The van der Waals surface area contributed by atoms with Gasteiger partial charge in [-0.05, 0) is 24.6 Å². The SMILES string of the molecule is CCNCc1cnc(Cl)c(C)c1.